The van der Waals surface area contributed by atoms with Crippen molar-refractivity contribution in [2.24, 2.45) is 0 Å². The number of benzene rings is 4. The molecular formula is C44H24MnN4NaO12S4-2. The number of hydrogen-bond donors (Lipinski definition) is 0. The van der Waals surface area contributed by atoms with Gasteiger partial charge in [-0.3, -0.25) is 0 Å². The van der Waals surface area contributed by atoms with Gasteiger partial charge in [0.25, 0.3) is 0 Å². The molecule has 0 unspecified atom stereocenters. The van der Waals surface area contributed by atoms with E-state index >= 15 is 0 Å². The molecule has 0 spiro atoms. The molecule has 9 rings (SSSR count). The van der Waals surface area contributed by atoms with Gasteiger partial charge in [-0.2, -0.15) is 0 Å². The van der Waals surface area contributed by atoms with E-state index in [0.29, 0.717) is 89.4 Å². The van der Waals surface area contributed by atoms with Crippen LogP contribution in [-0.2, 0) is 57.5 Å². The van der Waals surface area contributed by atoms with Crippen molar-refractivity contribution in [1.82, 2.24) is 19.9 Å². The van der Waals surface area contributed by atoms with Crippen molar-refractivity contribution < 1.29 is 98.5 Å². The Hall–Kier alpha value is -5.36. The molecule has 0 aliphatic carbocycles. The Morgan fingerprint density at radius 3 is 0.667 bits per heavy atom. The zero-order valence-electron chi connectivity index (χ0n) is 33.6. The Kier molecular flexibility index (Phi) is 13.3. The largest absolute Gasteiger partial charge is 3.00 e. The third kappa shape index (κ3) is 9.58. The molecular weight excluding hydrogens is 983 g/mol. The number of nitrogens with zero attached hydrogens (tertiary/aromatic N) is 4. The summed E-state index contributed by atoms with van der Waals surface area (Å²) in [4.78, 5) is 18.0. The second-order valence-corrected chi connectivity index (χ2v) is 19.8. The summed E-state index contributed by atoms with van der Waals surface area (Å²) in [6.07, 6.45) is 6.65. The molecule has 326 valence electrons. The molecule has 66 heavy (non-hydrogen) atoms. The van der Waals surface area contributed by atoms with E-state index in [1.807, 2.05) is 0 Å². The molecule has 4 aromatic carbocycles. The topological polar surface area (TPSA) is 283 Å². The Morgan fingerprint density at radius 1 is 0.318 bits per heavy atom. The van der Waals surface area contributed by atoms with Crippen molar-refractivity contribution in [2.45, 2.75) is 19.6 Å². The first kappa shape index (κ1) is 48.6. The maximum Gasteiger partial charge on any atom is 3.00 e. The summed E-state index contributed by atoms with van der Waals surface area (Å²) >= 11 is 0. The van der Waals surface area contributed by atoms with Crippen LogP contribution in [0.15, 0.2) is 141 Å². The van der Waals surface area contributed by atoms with E-state index in [1.165, 1.54) is 48.5 Å². The van der Waals surface area contributed by atoms with Crippen LogP contribution < -0.4 is 39.5 Å². The molecule has 7 aromatic rings. The van der Waals surface area contributed by atoms with E-state index in [-0.39, 0.29) is 46.6 Å². The van der Waals surface area contributed by atoms with Gasteiger partial charge in [0.05, 0.1) is 42.4 Å². The number of fused-ring (bicyclic) bond motifs is 8. The SMILES string of the molecule is O=S(=O)([O-])c1ccc(-c2c3nc(c(-c4ccc(S(=O)(=O)[O-])cc4)c4ccc([n-]4)c(-c4ccc(S(=O)(=O)[O-])cc4)c4nc(c(-c5ccc(S(=O)(=O)[O-])cc5)c5ccc2[n-]5)C=C4)C=C3)cc1.[Mn+3].[Na+]. The summed E-state index contributed by atoms with van der Waals surface area (Å²) in [5.41, 5.74) is 5.63. The molecule has 8 bridgehead atoms. The molecule has 0 amide bonds. The second kappa shape index (κ2) is 18.0. The standard InChI is InChI=1S/C44H28N4O12S4.Mn.Na/c49-61(50,51)29-9-1-25(2-10-29)41-33-17-19-35(45-33)42(26-3-11-30(12-4-26)62(52,53)54)37-21-23-39(47-37)44(28-7-15-32(16-8-28)64(58,59)60)40-24-22-38(48-40)43(36-20-18-34(41)46-36)27-5-13-31(14-6-27)63(55,56)57;;/h1-24H,(H,49,50,51)(H,52,53,54)(H,55,56,57)(H,58,59,60);;/q-2;+3;+1/p-4. The molecule has 0 saturated heterocycles. The molecule has 5 heterocycles. The van der Waals surface area contributed by atoms with Crippen molar-refractivity contribution in [3.05, 3.63) is 144 Å². The van der Waals surface area contributed by atoms with Crippen LogP contribution in [0.3, 0.4) is 0 Å². The maximum atomic E-state index is 11.9. The molecule has 3 aromatic heterocycles. The molecule has 0 N–H and O–H groups in total. The molecule has 0 fully saturated rings. The first-order valence-electron chi connectivity index (χ1n) is 18.5. The average Bonchev–Trinajstić information content (AvgIpc) is 4.08. The van der Waals surface area contributed by atoms with E-state index in [2.05, 4.69) is 0 Å². The van der Waals surface area contributed by atoms with Gasteiger partial charge in [0.1, 0.15) is 40.5 Å². The molecule has 16 nitrogen and oxygen atoms in total. The van der Waals surface area contributed by atoms with E-state index in [1.54, 1.807) is 48.6 Å². The second-order valence-electron chi connectivity index (χ2n) is 14.3. The van der Waals surface area contributed by atoms with Gasteiger partial charge in [0.2, 0.25) is 0 Å². The van der Waals surface area contributed by atoms with Crippen molar-refractivity contribution in [3.8, 4) is 44.5 Å². The van der Waals surface area contributed by atoms with Gasteiger partial charge in [0.15, 0.2) is 0 Å². The monoisotopic (exact) mass is 1010 g/mol. The minimum Gasteiger partial charge on any atom is -0.744 e. The van der Waals surface area contributed by atoms with Crippen LogP contribution in [0.1, 0.15) is 22.8 Å². The Morgan fingerprint density at radius 2 is 0.500 bits per heavy atom. The minimum atomic E-state index is -4.82. The van der Waals surface area contributed by atoms with Crippen molar-refractivity contribution in [1.29, 1.82) is 0 Å². The minimum absolute atomic E-state index is 0. The summed E-state index contributed by atoms with van der Waals surface area (Å²) < 4.78 is 143. The van der Waals surface area contributed by atoms with Crippen molar-refractivity contribution >= 4 is 86.8 Å². The van der Waals surface area contributed by atoms with Gasteiger partial charge in [-0.15, -0.1) is 22.1 Å². The smallest absolute Gasteiger partial charge is 0.744 e. The van der Waals surface area contributed by atoms with Gasteiger partial charge in [0, 0.05) is 0 Å². The van der Waals surface area contributed by atoms with E-state index < -0.39 is 60.1 Å². The van der Waals surface area contributed by atoms with Crippen LogP contribution in [0.5, 0.6) is 0 Å². The number of hydrogen-bond acceptors (Lipinski definition) is 14. The van der Waals surface area contributed by atoms with Gasteiger partial charge in [-0.25, -0.2) is 43.6 Å². The number of rotatable bonds is 8. The van der Waals surface area contributed by atoms with Crippen LogP contribution in [0, 0.1) is 0 Å². The number of aromatic nitrogens is 4. The normalized spacial score (nSPS) is 12.7. The van der Waals surface area contributed by atoms with Gasteiger partial charge in [-0.05, 0) is 117 Å². The summed E-state index contributed by atoms with van der Waals surface area (Å²) in [5.74, 6) is 0. The zero-order valence-corrected chi connectivity index (χ0v) is 40.0. The Bertz CT molecular complexity index is 3310. The van der Waals surface area contributed by atoms with E-state index in [0.717, 1.165) is 48.5 Å². The third-order valence-electron chi connectivity index (χ3n) is 10.3. The Labute approximate surface area is 410 Å². The molecule has 2 aliphatic rings. The van der Waals surface area contributed by atoms with Crippen LogP contribution >= 0.6 is 0 Å². The predicted molar refractivity (Wildman–Crippen MR) is 230 cm³/mol. The zero-order chi connectivity index (χ0) is 45.3. The fraction of sp³-hybridized carbons (Fsp3) is 0. The third-order valence-corrected chi connectivity index (χ3v) is 13.7. The molecule has 22 heteroatoms. The van der Waals surface area contributed by atoms with Crippen LogP contribution in [-0.4, -0.2) is 61.9 Å². The molecule has 0 radical (unpaired) electrons. The maximum absolute atomic E-state index is 11.9. The summed E-state index contributed by atoms with van der Waals surface area (Å²) in [6, 6.07) is 27.2. The average molecular weight is 1010 g/mol. The van der Waals surface area contributed by atoms with E-state index in [4.69, 9.17) is 19.9 Å². The first-order chi connectivity index (χ1) is 30.2. The van der Waals surface area contributed by atoms with Crippen LogP contribution in [0.4, 0.5) is 0 Å². The molecule has 0 saturated carbocycles. The van der Waals surface area contributed by atoms with Gasteiger partial charge >= 0.3 is 46.6 Å². The quantitative estimate of drug-likeness (QED) is 0.156. The fourth-order valence-corrected chi connectivity index (χ4v) is 9.30. The van der Waals surface area contributed by atoms with Crippen LogP contribution in [0.2, 0.25) is 0 Å². The Balaban J connectivity index is 0.00000324. The van der Waals surface area contributed by atoms with Crippen molar-refractivity contribution in [2.75, 3.05) is 0 Å². The summed E-state index contributed by atoms with van der Waals surface area (Å²) in [6.45, 7) is 0. The van der Waals surface area contributed by atoms with Crippen LogP contribution in [0.25, 0.3) is 90.9 Å². The van der Waals surface area contributed by atoms with Crippen molar-refractivity contribution in [3.63, 3.8) is 0 Å². The molecule has 2 aliphatic heterocycles. The summed E-state index contributed by atoms with van der Waals surface area (Å²) in [5, 5.41) is 0. The first-order valence-corrected chi connectivity index (χ1v) is 24.2. The summed E-state index contributed by atoms with van der Waals surface area (Å²) in [7, 11) is -19.3. The van der Waals surface area contributed by atoms with Gasteiger partial charge in [-0.1, -0.05) is 72.8 Å². The molecule has 0 atom stereocenters. The fourth-order valence-electron chi connectivity index (χ4n) is 7.42. The van der Waals surface area contributed by atoms with Gasteiger partial charge < -0.3 is 28.2 Å². The predicted octanol–water partition coefficient (Wildman–Crippen LogP) is 3.20. The van der Waals surface area contributed by atoms with E-state index in [9.17, 15) is 51.9 Å².